The van der Waals surface area contributed by atoms with Crippen molar-refractivity contribution in [2.75, 3.05) is 32.2 Å². The summed E-state index contributed by atoms with van der Waals surface area (Å²) in [4.78, 5) is 0. The molecular formula is C25H45NO3Si. The summed E-state index contributed by atoms with van der Waals surface area (Å²) in [5.74, 6) is 1.19. The summed E-state index contributed by atoms with van der Waals surface area (Å²) < 4.78 is 17.6. The fourth-order valence-electron chi connectivity index (χ4n) is 2.87. The number of hydrogen-bond donors (Lipinski definition) is 1. The van der Waals surface area contributed by atoms with Crippen LogP contribution in [0.5, 0.6) is 5.75 Å². The van der Waals surface area contributed by atoms with Gasteiger partial charge in [0.05, 0.1) is 19.8 Å². The van der Waals surface area contributed by atoms with Crippen LogP contribution in [0.15, 0.2) is 35.9 Å². The summed E-state index contributed by atoms with van der Waals surface area (Å²) in [6.45, 7) is 20.3. The van der Waals surface area contributed by atoms with E-state index in [4.69, 9.17) is 13.9 Å². The molecule has 0 aliphatic carbocycles. The first-order valence-electron chi connectivity index (χ1n) is 11.3. The van der Waals surface area contributed by atoms with E-state index in [-0.39, 0.29) is 11.1 Å². The van der Waals surface area contributed by atoms with Gasteiger partial charge in [0.2, 0.25) is 0 Å². The summed E-state index contributed by atoms with van der Waals surface area (Å²) in [5.41, 5.74) is 2.37. The van der Waals surface area contributed by atoms with Crippen LogP contribution >= 0.6 is 0 Å². The molecule has 0 aliphatic rings. The van der Waals surface area contributed by atoms with Gasteiger partial charge in [-0.1, -0.05) is 52.7 Å². The lowest BCUT2D eigenvalue weighted by molar-refractivity contribution is 0.158. The van der Waals surface area contributed by atoms with Crippen LogP contribution in [0.25, 0.3) is 0 Å². The second kappa shape index (κ2) is 12.5. The van der Waals surface area contributed by atoms with Gasteiger partial charge in [-0.15, -0.1) is 0 Å². The predicted molar refractivity (Wildman–Crippen MR) is 132 cm³/mol. The lowest BCUT2D eigenvalue weighted by Gasteiger charge is -2.38. The minimum absolute atomic E-state index is 0.179. The van der Waals surface area contributed by atoms with Gasteiger partial charge in [-0.25, -0.2) is 0 Å². The Balaban J connectivity index is 2.90. The minimum atomic E-state index is -1.78. The van der Waals surface area contributed by atoms with Crippen LogP contribution in [0, 0.1) is 5.92 Å². The fourth-order valence-corrected chi connectivity index (χ4v) is 3.98. The van der Waals surface area contributed by atoms with E-state index in [0.717, 1.165) is 37.5 Å². The van der Waals surface area contributed by atoms with E-state index in [9.17, 15) is 0 Å². The van der Waals surface area contributed by atoms with E-state index in [0.29, 0.717) is 12.5 Å². The van der Waals surface area contributed by atoms with Gasteiger partial charge in [0.15, 0.2) is 8.32 Å². The standard InChI is InChI=1S/C25H45NO3Si/c1-10-11-17-28-18-16-20(2)24(26-22-12-14-23(27-7)15-13-22)21(3)19-29-30(8,9)25(4,5)6/h12-16,21,24,26H,10-11,17-19H2,1-9H3/b20-16+/t21-,24+/m0/s1. The molecule has 30 heavy (non-hydrogen) atoms. The van der Waals surface area contributed by atoms with E-state index in [1.807, 2.05) is 12.1 Å². The molecule has 1 aromatic carbocycles. The van der Waals surface area contributed by atoms with Crippen molar-refractivity contribution in [2.45, 2.75) is 78.6 Å². The molecule has 0 radical (unpaired) electrons. The molecule has 0 heterocycles. The third-order valence-electron chi connectivity index (χ3n) is 6.15. The van der Waals surface area contributed by atoms with Crippen molar-refractivity contribution in [3.8, 4) is 5.75 Å². The average Bonchev–Trinajstić information content (AvgIpc) is 2.69. The summed E-state index contributed by atoms with van der Waals surface area (Å²) in [5, 5.41) is 3.92. The quantitative estimate of drug-likeness (QED) is 0.208. The molecule has 172 valence electrons. The molecule has 0 amide bonds. The predicted octanol–water partition coefficient (Wildman–Crippen LogP) is 6.90. The summed E-state index contributed by atoms with van der Waals surface area (Å²) >= 11 is 0. The van der Waals surface area contributed by atoms with Crippen LogP contribution in [0.3, 0.4) is 0 Å². The Hall–Kier alpha value is -1.30. The number of rotatable bonds is 13. The second-order valence-electron chi connectivity index (χ2n) is 9.78. The molecule has 0 bridgehead atoms. The molecule has 0 unspecified atom stereocenters. The van der Waals surface area contributed by atoms with Gasteiger partial charge in [-0.05, 0) is 55.7 Å². The van der Waals surface area contributed by atoms with Crippen molar-refractivity contribution in [1.29, 1.82) is 0 Å². The minimum Gasteiger partial charge on any atom is -0.497 e. The first-order valence-corrected chi connectivity index (χ1v) is 14.2. The number of benzene rings is 1. The summed E-state index contributed by atoms with van der Waals surface area (Å²) in [6.07, 6.45) is 4.48. The van der Waals surface area contributed by atoms with Crippen molar-refractivity contribution < 1.29 is 13.9 Å². The monoisotopic (exact) mass is 435 g/mol. The molecule has 0 spiro atoms. The lowest BCUT2D eigenvalue weighted by atomic mass is 9.95. The Morgan fingerprint density at radius 3 is 2.33 bits per heavy atom. The first-order chi connectivity index (χ1) is 14.0. The highest BCUT2D eigenvalue weighted by molar-refractivity contribution is 6.74. The van der Waals surface area contributed by atoms with E-state index in [2.05, 4.69) is 78.2 Å². The average molecular weight is 436 g/mol. The fraction of sp³-hybridized carbons (Fsp3) is 0.680. The molecule has 0 aliphatic heterocycles. The SMILES string of the molecule is CCCCOC/C=C(\C)[C@@H](Nc1ccc(OC)cc1)[C@@H](C)CO[Si](C)(C)C(C)(C)C. The van der Waals surface area contributed by atoms with Crippen molar-refractivity contribution in [3.63, 3.8) is 0 Å². The number of unbranched alkanes of at least 4 members (excludes halogenated alkanes) is 1. The topological polar surface area (TPSA) is 39.7 Å². The molecule has 1 rings (SSSR count). The largest absolute Gasteiger partial charge is 0.497 e. The van der Waals surface area contributed by atoms with E-state index >= 15 is 0 Å². The maximum Gasteiger partial charge on any atom is 0.191 e. The van der Waals surface area contributed by atoms with Crippen LogP contribution in [0.4, 0.5) is 5.69 Å². The lowest BCUT2D eigenvalue weighted by Crippen LogP contribution is -2.43. The van der Waals surface area contributed by atoms with E-state index < -0.39 is 8.32 Å². The third-order valence-corrected chi connectivity index (χ3v) is 10.7. The molecular weight excluding hydrogens is 390 g/mol. The zero-order valence-corrected chi connectivity index (χ0v) is 21.8. The molecule has 1 aromatic rings. The molecule has 0 aromatic heterocycles. The van der Waals surface area contributed by atoms with Gasteiger partial charge in [0.25, 0.3) is 0 Å². The van der Waals surface area contributed by atoms with Gasteiger partial charge in [0.1, 0.15) is 5.75 Å². The van der Waals surface area contributed by atoms with Crippen LogP contribution in [-0.2, 0) is 9.16 Å². The Labute approximate surface area is 186 Å². The number of nitrogens with one attached hydrogen (secondary N) is 1. The summed E-state index contributed by atoms with van der Waals surface area (Å²) in [7, 11) is -0.0902. The highest BCUT2D eigenvalue weighted by Gasteiger charge is 2.37. The first kappa shape index (κ1) is 26.7. The second-order valence-corrected chi connectivity index (χ2v) is 14.6. The molecule has 2 atom stereocenters. The Morgan fingerprint density at radius 1 is 1.17 bits per heavy atom. The van der Waals surface area contributed by atoms with Gasteiger partial charge >= 0.3 is 0 Å². The van der Waals surface area contributed by atoms with E-state index in [1.54, 1.807) is 7.11 Å². The highest BCUT2D eigenvalue weighted by atomic mass is 28.4. The zero-order valence-electron chi connectivity index (χ0n) is 20.8. The van der Waals surface area contributed by atoms with Gasteiger partial charge in [-0.2, -0.15) is 0 Å². The van der Waals surface area contributed by atoms with Gasteiger partial charge < -0.3 is 19.2 Å². The van der Waals surface area contributed by atoms with Crippen LogP contribution in [0.2, 0.25) is 18.1 Å². The third kappa shape index (κ3) is 8.82. The molecule has 1 N–H and O–H groups in total. The zero-order chi connectivity index (χ0) is 22.8. The van der Waals surface area contributed by atoms with Crippen molar-refractivity contribution in [3.05, 3.63) is 35.9 Å². The van der Waals surface area contributed by atoms with Crippen LogP contribution in [-0.4, -0.2) is 41.3 Å². The maximum absolute atomic E-state index is 6.54. The molecule has 0 saturated carbocycles. The van der Waals surface area contributed by atoms with Crippen LogP contribution in [0.1, 0.15) is 54.4 Å². The van der Waals surface area contributed by atoms with Crippen molar-refractivity contribution >= 4 is 14.0 Å². The molecule has 0 saturated heterocycles. The van der Waals surface area contributed by atoms with E-state index in [1.165, 1.54) is 5.57 Å². The summed E-state index contributed by atoms with van der Waals surface area (Å²) in [6, 6.07) is 8.29. The number of anilines is 1. The maximum atomic E-state index is 6.54. The molecule has 5 heteroatoms. The number of ether oxygens (including phenoxy) is 2. The smallest absolute Gasteiger partial charge is 0.191 e. The van der Waals surface area contributed by atoms with Crippen molar-refractivity contribution in [1.82, 2.24) is 0 Å². The van der Waals surface area contributed by atoms with Crippen LogP contribution < -0.4 is 10.1 Å². The highest BCUT2D eigenvalue weighted by Crippen LogP contribution is 2.37. The normalized spacial score (nSPS) is 15.0. The Morgan fingerprint density at radius 2 is 1.80 bits per heavy atom. The van der Waals surface area contributed by atoms with Gasteiger partial charge in [-0.3, -0.25) is 0 Å². The number of methoxy groups -OCH3 is 1. The Kier molecular flexibility index (Phi) is 11.2. The Bertz CT molecular complexity index is 635. The molecule has 0 fully saturated rings. The van der Waals surface area contributed by atoms with Crippen molar-refractivity contribution in [2.24, 2.45) is 5.92 Å². The number of hydrogen-bond acceptors (Lipinski definition) is 4. The van der Waals surface area contributed by atoms with Gasteiger partial charge in [0, 0.05) is 24.8 Å². The molecule has 4 nitrogen and oxygen atoms in total.